The fourth-order valence-corrected chi connectivity index (χ4v) is 3.72. The fraction of sp³-hybridized carbons (Fsp3) is 0.421. The van der Waals surface area contributed by atoms with E-state index in [1.807, 2.05) is 0 Å². The molecule has 4 rings (SSSR count). The smallest absolute Gasteiger partial charge is 0.323 e. The molecule has 0 aromatic heterocycles. The molecule has 2 saturated heterocycles. The van der Waals surface area contributed by atoms with Gasteiger partial charge >= 0.3 is 5.97 Å². The molecule has 2 aromatic rings. The topological polar surface area (TPSA) is 32.8 Å². The third kappa shape index (κ3) is 2.96. The van der Waals surface area contributed by atoms with Crippen LogP contribution in [0.15, 0.2) is 42.5 Å². The van der Waals surface area contributed by atoms with Gasteiger partial charge in [-0.3, -0.25) is 14.6 Å². The third-order valence-electron chi connectivity index (χ3n) is 5.03. The van der Waals surface area contributed by atoms with E-state index in [9.17, 15) is 4.79 Å². The maximum atomic E-state index is 11.7. The number of hydrogen-bond acceptors (Lipinski definition) is 4. The fourth-order valence-electron chi connectivity index (χ4n) is 3.72. The van der Waals surface area contributed by atoms with E-state index in [1.165, 1.54) is 16.3 Å². The number of rotatable bonds is 3. The van der Waals surface area contributed by atoms with Crippen LogP contribution in [0.5, 0.6) is 0 Å². The lowest BCUT2D eigenvalue weighted by Gasteiger charge is -2.36. The summed E-state index contributed by atoms with van der Waals surface area (Å²) in [6.45, 7) is 5.47. The molecular weight excluding hydrogens is 288 g/mol. The molecule has 0 bridgehead atoms. The minimum Gasteiger partial charge on any atom is -0.464 e. The number of esters is 1. The van der Waals surface area contributed by atoms with E-state index in [1.54, 1.807) is 0 Å². The van der Waals surface area contributed by atoms with Crippen LogP contribution < -0.4 is 0 Å². The van der Waals surface area contributed by atoms with Gasteiger partial charge in [0.05, 0.1) is 6.61 Å². The molecule has 120 valence electrons. The van der Waals surface area contributed by atoms with Crippen LogP contribution in [0.1, 0.15) is 12.0 Å². The molecule has 2 aliphatic heterocycles. The lowest BCUT2D eigenvalue weighted by Crippen LogP contribution is -2.51. The SMILES string of the molecule is O=C1OCC[C@@H]1N1CCN(Cc2cccc3ccccc23)CC1. The zero-order chi connectivity index (χ0) is 15.6. The highest BCUT2D eigenvalue weighted by Gasteiger charge is 2.33. The molecule has 4 nitrogen and oxygen atoms in total. The van der Waals surface area contributed by atoms with Gasteiger partial charge in [0, 0.05) is 39.1 Å². The number of fused-ring (bicyclic) bond motifs is 1. The molecule has 2 fully saturated rings. The van der Waals surface area contributed by atoms with Gasteiger partial charge in [0.1, 0.15) is 6.04 Å². The molecule has 1 atom stereocenters. The van der Waals surface area contributed by atoms with Gasteiger partial charge < -0.3 is 4.74 Å². The van der Waals surface area contributed by atoms with Gasteiger partial charge in [-0.15, -0.1) is 0 Å². The summed E-state index contributed by atoms with van der Waals surface area (Å²) in [5.74, 6) is -0.0347. The van der Waals surface area contributed by atoms with Crippen LogP contribution in [0.4, 0.5) is 0 Å². The van der Waals surface area contributed by atoms with Crippen molar-refractivity contribution in [1.29, 1.82) is 0 Å². The Labute approximate surface area is 136 Å². The number of benzene rings is 2. The maximum absolute atomic E-state index is 11.7. The van der Waals surface area contributed by atoms with Crippen LogP contribution >= 0.6 is 0 Å². The summed E-state index contributed by atoms with van der Waals surface area (Å²) in [4.78, 5) is 16.5. The molecule has 0 amide bonds. The van der Waals surface area contributed by atoms with Gasteiger partial charge in [-0.1, -0.05) is 42.5 Å². The molecule has 0 N–H and O–H groups in total. The number of ether oxygens (including phenoxy) is 1. The molecule has 0 unspecified atom stereocenters. The largest absolute Gasteiger partial charge is 0.464 e. The first-order valence-corrected chi connectivity index (χ1v) is 8.41. The Balaban J connectivity index is 1.42. The maximum Gasteiger partial charge on any atom is 0.323 e. The van der Waals surface area contributed by atoms with E-state index >= 15 is 0 Å². The zero-order valence-corrected chi connectivity index (χ0v) is 13.3. The number of piperazine rings is 1. The molecular formula is C19H22N2O2. The van der Waals surface area contributed by atoms with Gasteiger partial charge in [-0.05, 0) is 16.3 Å². The molecule has 0 aliphatic carbocycles. The lowest BCUT2D eigenvalue weighted by atomic mass is 10.0. The molecule has 2 heterocycles. The first-order chi connectivity index (χ1) is 11.3. The monoisotopic (exact) mass is 310 g/mol. The molecule has 0 radical (unpaired) electrons. The Hall–Kier alpha value is -1.91. The minimum absolute atomic E-state index is 0.00490. The Morgan fingerprint density at radius 3 is 2.57 bits per heavy atom. The van der Waals surface area contributed by atoms with Crippen molar-refractivity contribution < 1.29 is 9.53 Å². The second kappa shape index (κ2) is 6.30. The van der Waals surface area contributed by atoms with Crippen LogP contribution in [0, 0.1) is 0 Å². The Morgan fingerprint density at radius 2 is 1.78 bits per heavy atom. The number of carbonyl (C=O) groups excluding carboxylic acids is 1. The van der Waals surface area contributed by atoms with Crippen LogP contribution in [-0.4, -0.2) is 54.6 Å². The van der Waals surface area contributed by atoms with Crippen LogP contribution in [0.2, 0.25) is 0 Å². The van der Waals surface area contributed by atoms with Gasteiger partial charge in [-0.2, -0.15) is 0 Å². The quantitative estimate of drug-likeness (QED) is 0.814. The zero-order valence-electron chi connectivity index (χ0n) is 13.3. The highest BCUT2D eigenvalue weighted by Crippen LogP contribution is 2.21. The molecule has 23 heavy (non-hydrogen) atoms. The number of hydrogen-bond donors (Lipinski definition) is 0. The van der Waals surface area contributed by atoms with E-state index in [-0.39, 0.29) is 12.0 Å². The first kappa shape index (κ1) is 14.7. The first-order valence-electron chi connectivity index (χ1n) is 8.41. The van der Waals surface area contributed by atoms with Gasteiger partial charge in [-0.25, -0.2) is 0 Å². The Bertz CT molecular complexity index is 702. The number of nitrogens with zero attached hydrogens (tertiary/aromatic N) is 2. The van der Waals surface area contributed by atoms with Crippen molar-refractivity contribution >= 4 is 16.7 Å². The van der Waals surface area contributed by atoms with E-state index in [0.29, 0.717) is 6.61 Å². The highest BCUT2D eigenvalue weighted by atomic mass is 16.5. The summed E-state index contributed by atoms with van der Waals surface area (Å²) in [6.07, 6.45) is 0.849. The normalized spacial score (nSPS) is 23.3. The predicted molar refractivity (Wildman–Crippen MR) is 90.2 cm³/mol. The van der Waals surface area contributed by atoms with Crippen molar-refractivity contribution in [2.75, 3.05) is 32.8 Å². The summed E-state index contributed by atoms with van der Waals surface area (Å²) >= 11 is 0. The van der Waals surface area contributed by atoms with E-state index in [0.717, 1.165) is 39.1 Å². The molecule has 0 spiro atoms. The molecule has 0 saturated carbocycles. The van der Waals surface area contributed by atoms with Crippen LogP contribution in [-0.2, 0) is 16.1 Å². The standard InChI is InChI=1S/C19H22N2O2/c22-19-18(8-13-23-19)21-11-9-20(10-12-21)14-16-6-3-5-15-4-1-2-7-17(15)16/h1-7,18H,8-14H2/t18-/m0/s1. The summed E-state index contributed by atoms with van der Waals surface area (Å²) in [6, 6.07) is 15.1. The van der Waals surface area contributed by atoms with Crippen molar-refractivity contribution in [3.05, 3.63) is 48.0 Å². The number of carbonyl (C=O) groups is 1. The van der Waals surface area contributed by atoms with E-state index in [4.69, 9.17) is 4.74 Å². The van der Waals surface area contributed by atoms with Gasteiger partial charge in [0.15, 0.2) is 0 Å². The van der Waals surface area contributed by atoms with Crippen molar-refractivity contribution in [3.8, 4) is 0 Å². The molecule has 4 heteroatoms. The predicted octanol–water partition coefficient (Wildman–Crippen LogP) is 2.27. The average Bonchev–Trinajstić information content (AvgIpc) is 3.02. The van der Waals surface area contributed by atoms with Crippen LogP contribution in [0.25, 0.3) is 10.8 Å². The van der Waals surface area contributed by atoms with E-state index in [2.05, 4.69) is 52.3 Å². The van der Waals surface area contributed by atoms with Gasteiger partial charge in [0.2, 0.25) is 0 Å². The van der Waals surface area contributed by atoms with Crippen LogP contribution in [0.3, 0.4) is 0 Å². The summed E-state index contributed by atoms with van der Waals surface area (Å²) < 4.78 is 5.10. The van der Waals surface area contributed by atoms with E-state index < -0.39 is 0 Å². The lowest BCUT2D eigenvalue weighted by molar-refractivity contribution is -0.142. The summed E-state index contributed by atoms with van der Waals surface area (Å²) in [7, 11) is 0. The van der Waals surface area contributed by atoms with Crippen molar-refractivity contribution in [3.63, 3.8) is 0 Å². The minimum atomic E-state index is -0.0347. The number of cyclic esters (lactones) is 1. The highest BCUT2D eigenvalue weighted by molar-refractivity contribution is 5.85. The average molecular weight is 310 g/mol. The Kier molecular flexibility index (Phi) is 4.02. The van der Waals surface area contributed by atoms with Crippen molar-refractivity contribution in [1.82, 2.24) is 9.80 Å². The summed E-state index contributed by atoms with van der Waals surface area (Å²) in [5.41, 5.74) is 1.39. The van der Waals surface area contributed by atoms with Crippen molar-refractivity contribution in [2.24, 2.45) is 0 Å². The second-order valence-electron chi connectivity index (χ2n) is 6.42. The third-order valence-corrected chi connectivity index (χ3v) is 5.03. The second-order valence-corrected chi connectivity index (χ2v) is 6.42. The Morgan fingerprint density at radius 1 is 1.00 bits per heavy atom. The van der Waals surface area contributed by atoms with Gasteiger partial charge in [0.25, 0.3) is 0 Å². The molecule has 2 aromatic carbocycles. The molecule has 2 aliphatic rings. The van der Waals surface area contributed by atoms with Crippen molar-refractivity contribution in [2.45, 2.75) is 19.0 Å². The summed E-state index contributed by atoms with van der Waals surface area (Å²) in [5, 5.41) is 2.65.